The fraction of sp³-hybridized carbons (Fsp3) is 0.238. The van der Waals surface area contributed by atoms with E-state index in [0.717, 1.165) is 31.8 Å². The van der Waals surface area contributed by atoms with Crippen LogP contribution in [0.25, 0.3) is 11.3 Å². The van der Waals surface area contributed by atoms with Crippen LogP contribution in [0.1, 0.15) is 12.5 Å². The van der Waals surface area contributed by atoms with Crippen molar-refractivity contribution in [1.29, 1.82) is 0 Å². The van der Waals surface area contributed by atoms with Crippen LogP contribution in [0.4, 0.5) is 0 Å². The Morgan fingerprint density at radius 2 is 1.69 bits per heavy atom. The Kier molecular flexibility index (Phi) is 6.76. The number of rotatable bonds is 6. The van der Waals surface area contributed by atoms with Gasteiger partial charge in [0.2, 0.25) is 10.6 Å². The van der Waals surface area contributed by atoms with Crippen LogP contribution in [0, 0.1) is 0 Å². The van der Waals surface area contributed by atoms with Gasteiger partial charge in [-0.25, -0.2) is 4.68 Å². The van der Waals surface area contributed by atoms with Gasteiger partial charge in [-0.2, -0.15) is 5.10 Å². The molecule has 3 rings (SSSR count). The van der Waals surface area contributed by atoms with Crippen LogP contribution >= 0.6 is 27.3 Å². The predicted molar refractivity (Wildman–Crippen MR) is 121 cm³/mol. The molecule has 0 saturated heterocycles. The van der Waals surface area contributed by atoms with E-state index in [9.17, 15) is 0 Å². The Morgan fingerprint density at radius 3 is 2.24 bits per heavy atom. The summed E-state index contributed by atoms with van der Waals surface area (Å²) in [5.41, 5.74) is 3.64. The molecular weight excluding hydrogens is 454 g/mol. The molecule has 152 valence electrons. The van der Waals surface area contributed by atoms with Crippen molar-refractivity contribution in [3.63, 3.8) is 0 Å². The maximum absolute atomic E-state index is 5.50. The number of benzene rings is 2. The molecule has 0 bridgehead atoms. The molecular formula is C21H22BrN3O3S. The lowest BCUT2D eigenvalue weighted by molar-refractivity contribution is 0.324. The molecule has 0 aliphatic rings. The standard InChI is InChI=1S/C21H22BrN3O3S/c1-13(15-8-6-7-9-16(15)22)24-25-17(12-29-21(25)23-2)14-10-18(26-3)20(28-5)19(11-14)27-4/h6-12H,1-5H3. The van der Waals surface area contributed by atoms with Crippen molar-refractivity contribution in [3.8, 4) is 28.5 Å². The largest absolute Gasteiger partial charge is 0.493 e. The van der Waals surface area contributed by atoms with E-state index < -0.39 is 0 Å². The number of halogens is 1. The van der Waals surface area contributed by atoms with Gasteiger partial charge in [0.1, 0.15) is 0 Å². The van der Waals surface area contributed by atoms with Crippen LogP contribution < -0.4 is 19.0 Å². The summed E-state index contributed by atoms with van der Waals surface area (Å²) in [6.07, 6.45) is 0. The Bertz CT molecular complexity index is 1090. The minimum Gasteiger partial charge on any atom is -0.493 e. The highest BCUT2D eigenvalue weighted by atomic mass is 79.9. The van der Waals surface area contributed by atoms with Crippen LogP contribution in [-0.4, -0.2) is 38.8 Å². The van der Waals surface area contributed by atoms with E-state index in [1.54, 1.807) is 28.4 Å². The summed E-state index contributed by atoms with van der Waals surface area (Å²) in [6.45, 7) is 1.98. The molecule has 0 radical (unpaired) electrons. The molecule has 0 saturated carbocycles. The van der Waals surface area contributed by atoms with Gasteiger partial charge in [0, 0.05) is 28.0 Å². The molecule has 1 heterocycles. The van der Waals surface area contributed by atoms with Crippen molar-refractivity contribution in [2.75, 3.05) is 28.4 Å². The number of thiazole rings is 1. The molecule has 8 heteroatoms. The highest BCUT2D eigenvalue weighted by Gasteiger charge is 2.17. The van der Waals surface area contributed by atoms with Crippen LogP contribution in [-0.2, 0) is 0 Å². The Hall–Kier alpha value is -2.58. The second-order valence-corrected chi connectivity index (χ2v) is 7.71. The smallest absolute Gasteiger partial charge is 0.205 e. The molecule has 3 aromatic rings. The summed E-state index contributed by atoms with van der Waals surface area (Å²) < 4.78 is 19.3. The highest BCUT2D eigenvalue weighted by Crippen LogP contribution is 2.41. The summed E-state index contributed by atoms with van der Waals surface area (Å²) in [6, 6.07) is 11.8. The van der Waals surface area contributed by atoms with Crippen molar-refractivity contribution in [3.05, 3.63) is 56.6 Å². The van der Waals surface area contributed by atoms with Gasteiger partial charge in [0.05, 0.1) is 32.7 Å². The molecule has 6 nitrogen and oxygen atoms in total. The maximum Gasteiger partial charge on any atom is 0.205 e. The van der Waals surface area contributed by atoms with Crippen LogP contribution in [0.15, 0.2) is 56.3 Å². The van der Waals surface area contributed by atoms with Gasteiger partial charge in [0.15, 0.2) is 11.5 Å². The highest BCUT2D eigenvalue weighted by molar-refractivity contribution is 9.10. The third kappa shape index (κ3) is 4.23. The van der Waals surface area contributed by atoms with Crippen molar-refractivity contribution < 1.29 is 14.2 Å². The van der Waals surface area contributed by atoms with Gasteiger partial charge in [-0.3, -0.25) is 4.99 Å². The molecule has 0 aliphatic heterocycles. The number of hydrogen-bond donors (Lipinski definition) is 0. The summed E-state index contributed by atoms with van der Waals surface area (Å²) in [7, 11) is 6.55. The van der Waals surface area contributed by atoms with Gasteiger partial charge < -0.3 is 14.2 Å². The van der Waals surface area contributed by atoms with E-state index in [1.165, 1.54) is 11.3 Å². The van der Waals surface area contributed by atoms with E-state index in [1.807, 2.05) is 53.4 Å². The number of hydrogen-bond acceptors (Lipinski definition) is 6. The molecule has 0 N–H and O–H groups in total. The monoisotopic (exact) mass is 475 g/mol. The lowest BCUT2D eigenvalue weighted by atomic mass is 10.1. The summed E-state index contributed by atoms with van der Waals surface area (Å²) in [4.78, 5) is 5.16. The zero-order chi connectivity index (χ0) is 21.0. The second-order valence-electron chi connectivity index (χ2n) is 6.02. The third-order valence-corrected chi connectivity index (χ3v) is 5.95. The quantitative estimate of drug-likeness (QED) is 0.480. The summed E-state index contributed by atoms with van der Waals surface area (Å²) in [5, 5.41) is 6.87. The number of aromatic nitrogens is 1. The molecule has 0 amide bonds. The van der Waals surface area contributed by atoms with Crippen LogP contribution in [0.3, 0.4) is 0 Å². The van der Waals surface area contributed by atoms with E-state index in [2.05, 4.69) is 20.9 Å². The van der Waals surface area contributed by atoms with Crippen LogP contribution in [0.5, 0.6) is 17.2 Å². The minimum absolute atomic E-state index is 0.550. The first-order valence-corrected chi connectivity index (χ1v) is 10.5. The fourth-order valence-corrected chi connectivity index (χ4v) is 4.30. The Morgan fingerprint density at radius 1 is 1.03 bits per heavy atom. The van der Waals surface area contributed by atoms with E-state index in [0.29, 0.717) is 17.2 Å². The van der Waals surface area contributed by atoms with Crippen LogP contribution in [0.2, 0.25) is 0 Å². The van der Waals surface area contributed by atoms with E-state index >= 15 is 0 Å². The average Bonchev–Trinajstić information content (AvgIpc) is 3.15. The Labute approximate surface area is 182 Å². The molecule has 2 aromatic carbocycles. The van der Waals surface area contributed by atoms with Gasteiger partial charge in [-0.05, 0) is 25.1 Å². The van der Waals surface area contributed by atoms with E-state index in [-0.39, 0.29) is 0 Å². The molecule has 0 aliphatic carbocycles. The summed E-state index contributed by atoms with van der Waals surface area (Å²) in [5.74, 6) is 1.72. The third-order valence-electron chi connectivity index (χ3n) is 4.35. The van der Waals surface area contributed by atoms with Crippen molar-refractivity contribution in [2.45, 2.75) is 6.92 Å². The number of nitrogens with zero attached hydrogens (tertiary/aromatic N) is 3. The SMILES string of the molecule is CN=c1scc(-c2cc(OC)c(OC)c(OC)c2)n1N=C(C)c1ccccc1Br. The normalized spacial score (nSPS) is 12.2. The predicted octanol–water partition coefficient (Wildman–Crippen LogP) is 4.81. The lowest BCUT2D eigenvalue weighted by Gasteiger charge is -2.14. The lowest BCUT2D eigenvalue weighted by Crippen LogP contribution is -2.14. The molecule has 29 heavy (non-hydrogen) atoms. The van der Waals surface area contributed by atoms with Gasteiger partial charge in [0.25, 0.3) is 0 Å². The minimum atomic E-state index is 0.550. The molecule has 0 atom stereocenters. The maximum atomic E-state index is 5.50. The van der Waals surface area contributed by atoms with Crippen molar-refractivity contribution >= 4 is 33.0 Å². The molecule has 0 fully saturated rings. The van der Waals surface area contributed by atoms with Gasteiger partial charge in [-0.15, -0.1) is 11.3 Å². The first kappa shape index (κ1) is 21.1. The van der Waals surface area contributed by atoms with E-state index in [4.69, 9.17) is 19.3 Å². The molecule has 0 unspecified atom stereocenters. The van der Waals surface area contributed by atoms with Crippen molar-refractivity contribution in [2.24, 2.45) is 10.1 Å². The Balaban J connectivity index is 2.21. The fourth-order valence-electron chi connectivity index (χ4n) is 2.93. The number of methoxy groups -OCH3 is 3. The van der Waals surface area contributed by atoms with Gasteiger partial charge in [-0.1, -0.05) is 34.1 Å². The topological polar surface area (TPSA) is 57.3 Å². The number of ether oxygens (including phenoxy) is 3. The second kappa shape index (κ2) is 9.28. The first-order valence-electron chi connectivity index (χ1n) is 8.78. The molecule has 1 aromatic heterocycles. The average molecular weight is 476 g/mol. The van der Waals surface area contributed by atoms with Crippen molar-refractivity contribution in [1.82, 2.24) is 4.68 Å². The summed E-state index contributed by atoms with van der Waals surface area (Å²) >= 11 is 5.11. The zero-order valence-corrected chi connectivity index (χ0v) is 19.3. The zero-order valence-electron chi connectivity index (χ0n) is 16.9. The molecule has 0 spiro atoms. The first-order chi connectivity index (χ1) is 14.0. The van der Waals surface area contributed by atoms with Gasteiger partial charge >= 0.3 is 0 Å².